The molecule has 1 aliphatic carbocycles. The van der Waals surface area contributed by atoms with Crippen molar-refractivity contribution in [3.05, 3.63) is 24.9 Å². The van der Waals surface area contributed by atoms with Crippen LogP contribution in [0.4, 0.5) is 0 Å². The number of hydrogen-bond acceptors (Lipinski definition) is 2. The summed E-state index contributed by atoms with van der Waals surface area (Å²) >= 11 is 0. The molecule has 15 heavy (non-hydrogen) atoms. The first kappa shape index (κ1) is 12.3. The van der Waals surface area contributed by atoms with Gasteiger partial charge in [-0.3, -0.25) is 0 Å². The van der Waals surface area contributed by atoms with Gasteiger partial charge in [-0.2, -0.15) is 0 Å². The molecule has 0 spiro atoms. The highest BCUT2D eigenvalue weighted by Gasteiger charge is 2.21. The van der Waals surface area contributed by atoms with E-state index in [4.69, 9.17) is 0 Å². The normalized spacial score (nSPS) is 19.5. The van der Waals surface area contributed by atoms with E-state index in [-0.39, 0.29) is 0 Å². The third-order valence-electron chi connectivity index (χ3n) is 3.17. The fraction of sp³-hybridized carbons (Fsp3) is 0.692. The van der Waals surface area contributed by atoms with E-state index < -0.39 is 0 Å². The van der Waals surface area contributed by atoms with Gasteiger partial charge in [0.2, 0.25) is 0 Å². The van der Waals surface area contributed by atoms with Gasteiger partial charge in [-0.1, -0.05) is 31.9 Å². The second-order valence-electron chi connectivity index (χ2n) is 4.44. The zero-order valence-corrected chi connectivity index (χ0v) is 9.89. The second kappa shape index (κ2) is 6.67. The smallest absolute Gasteiger partial charge is 0.0467 e. The predicted molar refractivity (Wildman–Crippen MR) is 66.8 cm³/mol. The third kappa shape index (κ3) is 4.08. The molecule has 0 aromatic rings. The Hall–Kier alpha value is -0.760. The number of hydrogen-bond donors (Lipinski definition) is 2. The van der Waals surface area contributed by atoms with Crippen LogP contribution in [0.5, 0.6) is 0 Å². The molecule has 1 saturated carbocycles. The maximum absolute atomic E-state index is 4.01. The van der Waals surface area contributed by atoms with Crippen LogP contribution in [0.3, 0.4) is 0 Å². The van der Waals surface area contributed by atoms with Crippen molar-refractivity contribution in [2.75, 3.05) is 13.6 Å². The van der Waals surface area contributed by atoms with Gasteiger partial charge in [-0.05, 0) is 25.8 Å². The summed E-state index contributed by atoms with van der Waals surface area (Å²) in [5.74, 6) is 0.754. The fourth-order valence-electron chi connectivity index (χ4n) is 2.36. The number of rotatable bonds is 6. The first-order chi connectivity index (χ1) is 7.27. The van der Waals surface area contributed by atoms with Crippen molar-refractivity contribution in [3.63, 3.8) is 0 Å². The van der Waals surface area contributed by atoms with E-state index in [0.29, 0.717) is 6.04 Å². The Balaban J connectivity index is 2.39. The Kier molecular flexibility index (Phi) is 5.48. The zero-order chi connectivity index (χ0) is 11.1. The van der Waals surface area contributed by atoms with Crippen molar-refractivity contribution < 1.29 is 0 Å². The van der Waals surface area contributed by atoms with Gasteiger partial charge in [0.05, 0.1) is 0 Å². The van der Waals surface area contributed by atoms with Gasteiger partial charge in [-0.15, -0.1) is 6.58 Å². The maximum Gasteiger partial charge on any atom is 0.0467 e. The van der Waals surface area contributed by atoms with E-state index in [1.165, 1.54) is 32.1 Å². The molecule has 0 aromatic carbocycles. The molecule has 1 rings (SSSR count). The standard InChI is InChI=1S/C13H24N2/c1-4-13(15-11(2)10-14-3)12-8-6-5-7-9-12/h4,12-15H,1-2,5-10H2,3H3. The summed E-state index contributed by atoms with van der Waals surface area (Å²) in [6.07, 6.45) is 8.84. The van der Waals surface area contributed by atoms with Crippen molar-refractivity contribution in [3.8, 4) is 0 Å². The lowest BCUT2D eigenvalue weighted by Crippen LogP contribution is -2.37. The van der Waals surface area contributed by atoms with Gasteiger partial charge in [0.25, 0.3) is 0 Å². The van der Waals surface area contributed by atoms with Gasteiger partial charge < -0.3 is 10.6 Å². The molecule has 0 bridgehead atoms. The Morgan fingerprint density at radius 2 is 2.07 bits per heavy atom. The maximum atomic E-state index is 4.01. The summed E-state index contributed by atoms with van der Waals surface area (Å²) in [6, 6.07) is 0.408. The van der Waals surface area contributed by atoms with Crippen LogP contribution in [0, 0.1) is 5.92 Å². The van der Waals surface area contributed by atoms with Gasteiger partial charge in [0.15, 0.2) is 0 Å². The molecule has 86 valence electrons. The molecule has 1 unspecified atom stereocenters. The van der Waals surface area contributed by atoms with Crippen LogP contribution in [-0.4, -0.2) is 19.6 Å². The van der Waals surface area contributed by atoms with E-state index in [1.807, 2.05) is 13.1 Å². The largest absolute Gasteiger partial charge is 0.381 e. The molecule has 0 amide bonds. The van der Waals surface area contributed by atoms with Crippen LogP contribution in [0.25, 0.3) is 0 Å². The van der Waals surface area contributed by atoms with Crippen molar-refractivity contribution in [1.82, 2.24) is 10.6 Å². The summed E-state index contributed by atoms with van der Waals surface area (Å²) in [5.41, 5.74) is 1.06. The molecular weight excluding hydrogens is 184 g/mol. The molecule has 0 radical (unpaired) electrons. The zero-order valence-electron chi connectivity index (χ0n) is 9.89. The van der Waals surface area contributed by atoms with Gasteiger partial charge in [0.1, 0.15) is 0 Å². The number of likely N-dealkylation sites (N-methyl/N-ethyl adjacent to an activating group) is 1. The monoisotopic (exact) mass is 208 g/mol. The average molecular weight is 208 g/mol. The van der Waals surface area contributed by atoms with Crippen molar-refractivity contribution >= 4 is 0 Å². The van der Waals surface area contributed by atoms with E-state index in [2.05, 4.69) is 23.8 Å². The van der Waals surface area contributed by atoms with Crippen LogP contribution in [0.15, 0.2) is 24.9 Å². The summed E-state index contributed by atoms with van der Waals surface area (Å²) < 4.78 is 0. The Morgan fingerprint density at radius 1 is 1.40 bits per heavy atom. The highest BCUT2D eigenvalue weighted by Crippen LogP contribution is 2.27. The van der Waals surface area contributed by atoms with Gasteiger partial charge in [0, 0.05) is 18.3 Å². The minimum Gasteiger partial charge on any atom is -0.381 e. The summed E-state index contributed by atoms with van der Waals surface area (Å²) in [5, 5.41) is 6.57. The molecule has 2 heteroatoms. The molecule has 0 aromatic heterocycles. The van der Waals surface area contributed by atoms with Crippen LogP contribution in [-0.2, 0) is 0 Å². The minimum atomic E-state index is 0.408. The Labute approximate surface area is 93.8 Å². The van der Waals surface area contributed by atoms with Crippen LogP contribution in [0.1, 0.15) is 32.1 Å². The molecular formula is C13H24N2. The topological polar surface area (TPSA) is 24.1 Å². The van der Waals surface area contributed by atoms with Crippen molar-refractivity contribution in [2.24, 2.45) is 5.92 Å². The summed E-state index contributed by atoms with van der Waals surface area (Å²) in [7, 11) is 1.94. The molecule has 2 nitrogen and oxygen atoms in total. The van der Waals surface area contributed by atoms with Gasteiger partial charge >= 0.3 is 0 Å². The molecule has 1 atom stereocenters. The Bertz CT molecular complexity index is 205. The lowest BCUT2D eigenvalue weighted by atomic mass is 9.84. The van der Waals surface area contributed by atoms with E-state index in [9.17, 15) is 0 Å². The Morgan fingerprint density at radius 3 is 2.60 bits per heavy atom. The molecule has 1 fully saturated rings. The van der Waals surface area contributed by atoms with E-state index in [0.717, 1.165) is 18.2 Å². The first-order valence-corrected chi connectivity index (χ1v) is 5.99. The predicted octanol–water partition coefficient (Wildman–Crippen LogP) is 2.44. The highest BCUT2D eigenvalue weighted by atomic mass is 15.0. The molecule has 0 aliphatic heterocycles. The van der Waals surface area contributed by atoms with E-state index in [1.54, 1.807) is 0 Å². The van der Waals surface area contributed by atoms with Crippen LogP contribution < -0.4 is 10.6 Å². The highest BCUT2D eigenvalue weighted by molar-refractivity contribution is 5.03. The lowest BCUT2D eigenvalue weighted by Gasteiger charge is -2.30. The average Bonchev–Trinajstić information content (AvgIpc) is 2.27. The summed E-state index contributed by atoms with van der Waals surface area (Å²) in [4.78, 5) is 0. The minimum absolute atomic E-state index is 0.408. The molecule has 1 aliphatic rings. The molecule has 0 heterocycles. The van der Waals surface area contributed by atoms with Crippen molar-refractivity contribution in [1.29, 1.82) is 0 Å². The van der Waals surface area contributed by atoms with E-state index >= 15 is 0 Å². The van der Waals surface area contributed by atoms with Crippen molar-refractivity contribution in [2.45, 2.75) is 38.1 Å². The SMILES string of the molecule is C=CC(NC(=C)CNC)C1CCCCC1. The molecule has 2 N–H and O–H groups in total. The van der Waals surface area contributed by atoms with Gasteiger partial charge in [-0.25, -0.2) is 0 Å². The fourth-order valence-corrected chi connectivity index (χ4v) is 2.36. The quantitative estimate of drug-likeness (QED) is 0.655. The lowest BCUT2D eigenvalue weighted by molar-refractivity contribution is 0.310. The summed E-state index contributed by atoms with van der Waals surface area (Å²) in [6.45, 7) is 8.76. The first-order valence-electron chi connectivity index (χ1n) is 5.99. The second-order valence-corrected chi connectivity index (χ2v) is 4.44. The van der Waals surface area contributed by atoms with Crippen LogP contribution >= 0.6 is 0 Å². The third-order valence-corrected chi connectivity index (χ3v) is 3.17. The number of nitrogens with one attached hydrogen (secondary N) is 2. The molecule has 0 saturated heterocycles. The van der Waals surface area contributed by atoms with Crippen LogP contribution in [0.2, 0.25) is 0 Å².